The van der Waals surface area contributed by atoms with Gasteiger partial charge in [-0.25, -0.2) is 9.59 Å². The molecule has 5 heteroatoms. The van der Waals surface area contributed by atoms with Crippen molar-refractivity contribution in [2.45, 2.75) is 39.2 Å². The normalized spacial score (nSPS) is 11.7. The first-order chi connectivity index (χ1) is 7.15. The zero-order valence-electron chi connectivity index (χ0n) is 9.54. The minimum absolute atomic E-state index is 0.285. The summed E-state index contributed by atoms with van der Waals surface area (Å²) in [5.74, 6) is -0.434. The maximum absolute atomic E-state index is 11.3. The number of ether oxygens (including phenoxy) is 2. The highest BCUT2D eigenvalue weighted by Crippen LogP contribution is 2.02. The topological polar surface area (TPSA) is 64.6 Å². The lowest BCUT2D eigenvalue weighted by molar-refractivity contribution is -0.143. The van der Waals surface area contributed by atoms with Crippen molar-refractivity contribution in [3.63, 3.8) is 0 Å². The van der Waals surface area contributed by atoms with Crippen molar-refractivity contribution < 1.29 is 19.1 Å². The molecular weight excluding hydrogens is 198 g/mol. The lowest BCUT2D eigenvalue weighted by Crippen LogP contribution is -2.41. The van der Waals surface area contributed by atoms with Crippen molar-refractivity contribution >= 4 is 12.1 Å². The number of nitrogens with one attached hydrogen (secondary N) is 1. The van der Waals surface area contributed by atoms with Gasteiger partial charge in [0.25, 0.3) is 0 Å². The van der Waals surface area contributed by atoms with Crippen molar-refractivity contribution in [1.82, 2.24) is 5.32 Å². The van der Waals surface area contributed by atoms with Gasteiger partial charge in [-0.15, -0.1) is 0 Å². The predicted molar refractivity (Wildman–Crippen MR) is 55.5 cm³/mol. The van der Waals surface area contributed by atoms with Crippen LogP contribution >= 0.6 is 0 Å². The van der Waals surface area contributed by atoms with Gasteiger partial charge in [0.15, 0.2) is 0 Å². The van der Waals surface area contributed by atoms with E-state index in [0.29, 0.717) is 6.42 Å². The second-order valence-electron chi connectivity index (χ2n) is 3.08. The van der Waals surface area contributed by atoms with E-state index in [-0.39, 0.29) is 6.61 Å². The molecule has 1 N–H and O–H groups in total. The number of hydrogen-bond acceptors (Lipinski definition) is 4. The summed E-state index contributed by atoms with van der Waals surface area (Å²) < 4.78 is 9.27. The highest BCUT2D eigenvalue weighted by Gasteiger charge is 2.20. The molecule has 0 bridgehead atoms. The van der Waals surface area contributed by atoms with Gasteiger partial charge < -0.3 is 14.8 Å². The SMILES string of the molecule is CCCCC(NC(=O)OCC)C(=O)OC. The van der Waals surface area contributed by atoms with Gasteiger partial charge in [-0.3, -0.25) is 0 Å². The van der Waals surface area contributed by atoms with Gasteiger partial charge in [0.05, 0.1) is 13.7 Å². The highest BCUT2D eigenvalue weighted by molar-refractivity contribution is 5.81. The first-order valence-corrected chi connectivity index (χ1v) is 5.16. The van der Waals surface area contributed by atoms with E-state index in [1.807, 2.05) is 6.92 Å². The van der Waals surface area contributed by atoms with Crippen LogP contribution in [-0.2, 0) is 14.3 Å². The number of esters is 1. The van der Waals surface area contributed by atoms with Crippen molar-refractivity contribution in [1.29, 1.82) is 0 Å². The van der Waals surface area contributed by atoms with Gasteiger partial charge in [-0.1, -0.05) is 19.8 Å². The van der Waals surface area contributed by atoms with Crippen LogP contribution in [0.4, 0.5) is 4.79 Å². The third-order valence-corrected chi connectivity index (χ3v) is 1.90. The Morgan fingerprint density at radius 1 is 1.33 bits per heavy atom. The smallest absolute Gasteiger partial charge is 0.407 e. The minimum Gasteiger partial charge on any atom is -0.467 e. The van der Waals surface area contributed by atoms with E-state index in [4.69, 9.17) is 0 Å². The molecule has 0 aliphatic rings. The van der Waals surface area contributed by atoms with Crippen LogP contribution in [0.2, 0.25) is 0 Å². The molecule has 0 radical (unpaired) electrons. The number of hydrogen-bond donors (Lipinski definition) is 1. The molecule has 0 rings (SSSR count). The Labute approximate surface area is 90.1 Å². The molecule has 0 saturated heterocycles. The number of rotatable bonds is 6. The van der Waals surface area contributed by atoms with Crippen molar-refractivity contribution in [3.05, 3.63) is 0 Å². The first-order valence-electron chi connectivity index (χ1n) is 5.16. The molecule has 1 unspecified atom stereocenters. The van der Waals surface area contributed by atoms with E-state index in [2.05, 4.69) is 14.8 Å². The van der Waals surface area contributed by atoms with Gasteiger partial charge in [0.2, 0.25) is 0 Å². The summed E-state index contributed by atoms with van der Waals surface area (Å²) in [5, 5.41) is 2.47. The van der Waals surface area contributed by atoms with Gasteiger partial charge in [0, 0.05) is 0 Å². The predicted octanol–water partition coefficient (Wildman–Crippen LogP) is 1.46. The maximum Gasteiger partial charge on any atom is 0.407 e. The first kappa shape index (κ1) is 13.7. The molecule has 0 aliphatic heterocycles. The third kappa shape index (κ3) is 5.93. The summed E-state index contributed by atoms with van der Waals surface area (Å²) in [4.78, 5) is 22.4. The van der Waals surface area contributed by atoms with Crippen LogP contribution in [0.15, 0.2) is 0 Å². The van der Waals surface area contributed by atoms with Crippen LogP contribution < -0.4 is 5.32 Å². The Morgan fingerprint density at radius 2 is 2.00 bits per heavy atom. The maximum atomic E-state index is 11.3. The Bertz CT molecular complexity index is 206. The lowest BCUT2D eigenvalue weighted by atomic mass is 10.1. The Morgan fingerprint density at radius 3 is 2.47 bits per heavy atom. The second-order valence-corrected chi connectivity index (χ2v) is 3.08. The number of amides is 1. The van der Waals surface area contributed by atoms with Crippen LogP contribution in [0.5, 0.6) is 0 Å². The van der Waals surface area contributed by atoms with E-state index in [9.17, 15) is 9.59 Å². The summed E-state index contributed by atoms with van der Waals surface area (Å²) >= 11 is 0. The van der Waals surface area contributed by atoms with Crippen molar-refractivity contribution in [2.24, 2.45) is 0 Å². The molecule has 0 aromatic carbocycles. The summed E-state index contributed by atoms with van der Waals surface area (Å²) in [6, 6.07) is -0.603. The van der Waals surface area contributed by atoms with E-state index >= 15 is 0 Å². The van der Waals surface area contributed by atoms with E-state index in [1.54, 1.807) is 6.92 Å². The van der Waals surface area contributed by atoms with E-state index in [0.717, 1.165) is 12.8 Å². The molecule has 0 aliphatic carbocycles. The largest absolute Gasteiger partial charge is 0.467 e. The molecule has 1 atom stereocenters. The summed E-state index contributed by atoms with van der Waals surface area (Å²) in [6.45, 7) is 4.00. The Hall–Kier alpha value is -1.26. The number of carbonyl (C=O) groups excluding carboxylic acids is 2. The molecular formula is C10H19NO4. The van der Waals surface area contributed by atoms with Crippen LogP contribution in [0, 0.1) is 0 Å². The van der Waals surface area contributed by atoms with E-state index < -0.39 is 18.1 Å². The molecule has 0 heterocycles. The van der Waals surface area contributed by atoms with Gasteiger partial charge in [0.1, 0.15) is 6.04 Å². The van der Waals surface area contributed by atoms with Gasteiger partial charge >= 0.3 is 12.1 Å². The molecule has 0 saturated carbocycles. The zero-order valence-corrected chi connectivity index (χ0v) is 9.54. The Balaban J connectivity index is 4.11. The molecule has 0 fully saturated rings. The summed E-state index contributed by atoms with van der Waals surface area (Å²) in [7, 11) is 1.30. The average Bonchev–Trinajstić information content (AvgIpc) is 2.23. The number of carbonyl (C=O) groups is 2. The molecule has 5 nitrogen and oxygen atoms in total. The molecule has 0 spiro atoms. The standard InChI is InChI=1S/C10H19NO4/c1-4-6-7-8(9(12)14-3)11-10(13)15-5-2/h8H,4-7H2,1-3H3,(H,11,13). The average molecular weight is 217 g/mol. The van der Waals surface area contributed by atoms with E-state index in [1.165, 1.54) is 7.11 Å². The third-order valence-electron chi connectivity index (χ3n) is 1.90. The van der Waals surface area contributed by atoms with Crippen LogP contribution in [0.3, 0.4) is 0 Å². The van der Waals surface area contributed by atoms with Crippen LogP contribution in [0.1, 0.15) is 33.1 Å². The fraction of sp³-hybridized carbons (Fsp3) is 0.800. The molecule has 0 aromatic heterocycles. The molecule has 15 heavy (non-hydrogen) atoms. The van der Waals surface area contributed by atoms with Crippen LogP contribution in [-0.4, -0.2) is 31.8 Å². The molecule has 1 amide bonds. The van der Waals surface area contributed by atoms with Gasteiger partial charge in [-0.05, 0) is 13.3 Å². The van der Waals surface area contributed by atoms with Crippen molar-refractivity contribution in [2.75, 3.05) is 13.7 Å². The second kappa shape index (κ2) is 8.08. The quantitative estimate of drug-likeness (QED) is 0.684. The van der Waals surface area contributed by atoms with Crippen molar-refractivity contribution in [3.8, 4) is 0 Å². The highest BCUT2D eigenvalue weighted by atomic mass is 16.6. The lowest BCUT2D eigenvalue weighted by Gasteiger charge is -2.15. The fourth-order valence-electron chi connectivity index (χ4n) is 1.11. The van der Waals surface area contributed by atoms with Gasteiger partial charge in [-0.2, -0.15) is 0 Å². The minimum atomic E-state index is -0.603. The number of methoxy groups -OCH3 is 1. The Kier molecular flexibility index (Phi) is 7.40. The number of unbranched alkanes of at least 4 members (excludes halogenated alkanes) is 1. The molecule has 0 aromatic rings. The monoisotopic (exact) mass is 217 g/mol. The fourth-order valence-corrected chi connectivity index (χ4v) is 1.11. The summed E-state index contributed by atoms with van der Waals surface area (Å²) in [6.07, 6.45) is 1.80. The number of alkyl carbamates (subject to hydrolysis) is 1. The molecule has 88 valence electrons. The zero-order chi connectivity index (χ0) is 11.7. The van der Waals surface area contributed by atoms with Crippen LogP contribution in [0.25, 0.3) is 0 Å². The summed E-state index contributed by atoms with van der Waals surface area (Å²) in [5.41, 5.74) is 0.